The van der Waals surface area contributed by atoms with Crippen LogP contribution in [0.2, 0.25) is 0 Å². The number of hydrogen-bond donors (Lipinski definition) is 0. The van der Waals surface area contributed by atoms with Gasteiger partial charge in [0.15, 0.2) is 17.5 Å². The van der Waals surface area contributed by atoms with Crippen LogP contribution in [0.15, 0.2) is 91.0 Å². The Hall–Kier alpha value is -4.73. The highest BCUT2D eigenvalue weighted by Crippen LogP contribution is 2.39. The van der Waals surface area contributed by atoms with E-state index >= 15 is 0 Å². The molecule has 1 nitrogen and oxygen atoms in total. The maximum Gasteiger partial charge on any atom is 0.432 e. The number of rotatable bonds is 6. The van der Waals surface area contributed by atoms with Gasteiger partial charge in [0, 0.05) is 17.2 Å². The zero-order valence-corrected chi connectivity index (χ0v) is 20.5. The SMILES string of the molecule is Fc1cc(OC(F)(F)c2c(F)cc(-c3ccc(-c4ccccc4)cc3F)cc2F)ccc1-c1cc(F)c(F)c(F)c1. The van der Waals surface area contributed by atoms with E-state index in [1.165, 1.54) is 12.1 Å². The average Bonchev–Trinajstić information content (AvgIpc) is 2.91. The fourth-order valence-corrected chi connectivity index (χ4v) is 4.27. The van der Waals surface area contributed by atoms with Gasteiger partial charge < -0.3 is 4.74 Å². The van der Waals surface area contributed by atoms with E-state index in [2.05, 4.69) is 4.74 Å². The summed E-state index contributed by atoms with van der Waals surface area (Å²) in [5.74, 6) is -11.5. The molecule has 0 aliphatic rings. The van der Waals surface area contributed by atoms with E-state index in [4.69, 9.17) is 0 Å². The zero-order valence-electron chi connectivity index (χ0n) is 20.5. The minimum atomic E-state index is -4.66. The normalized spacial score (nSPS) is 11.5. The van der Waals surface area contributed by atoms with Gasteiger partial charge in [-0.05, 0) is 64.7 Å². The fourth-order valence-electron chi connectivity index (χ4n) is 4.27. The van der Waals surface area contributed by atoms with E-state index in [1.54, 1.807) is 30.3 Å². The standard InChI is InChI=1S/C31H15F9O/c32-23-10-17(16-4-2-1-3-5-16)6-8-21(23)18-11-25(34)29(26(35)12-18)31(39,40)41-20-7-9-22(24(33)15-20)19-13-27(36)30(38)28(37)14-19/h1-15H. The first-order valence-electron chi connectivity index (χ1n) is 11.8. The number of hydrogen-bond acceptors (Lipinski definition) is 1. The molecule has 0 amide bonds. The molecular weight excluding hydrogens is 559 g/mol. The molecule has 0 atom stereocenters. The van der Waals surface area contributed by atoms with Crippen LogP contribution < -0.4 is 4.74 Å². The van der Waals surface area contributed by atoms with Crippen LogP contribution in [0.5, 0.6) is 5.75 Å². The topological polar surface area (TPSA) is 9.23 Å². The van der Waals surface area contributed by atoms with Gasteiger partial charge in [-0.2, -0.15) is 8.78 Å². The van der Waals surface area contributed by atoms with Crippen molar-refractivity contribution in [1.29, 1.82) is 0 Å². The van der Waals surface area contributed by atoms with Gasteiger partial charge in [-0.25, -0.2) is 30.7 Å². The first kappa shape index (κ1) is 27.8. The molecule has 0 aliphatic heterocycles. The van der Waals surface area contributed by atoms with E-state index in [1.807, 2.05) is 0 Å². The van der Waals surface area contributed by atoms with Crippen molar-refractivity contribution in [3.63, 3.8) is 0 Å². The van der Waals surface area contributed by atoms with Gasteiger partial charge >= 0.3 is 6.11 Å². The Morgan fingerprint density at radius 2 is 0.927 bits per heavy atom. The summed E-state index contributed by atoms with van der Waals surface area (Å²) in [5, 5.41) is 0. The van der Waals surface area contributed by atoms with Gasteiger partial charge in [0.05, 0.1) is 0 Å². The average molecular weight is 574 g/mol. The van der Waals surface area contributed by atoms with E-state index in [0.29, 0.717) is 41.5 Å². The summed E-state index contributed by atoms with van der Waals surface area (Å²) < 4.78 is 134. The lowest BCUT2D eigenvalue weighted by Gasteiger charge is -2.20. The van der Waals surface area contributed by atoms with Crippen molar-refractivity contribution in [3.8, 4) is 39.1 Å². The van der Waals surface area contributed by atoms with Crippen LogP contribution >= 0.6 is 0 Å². The summed E-state index contributed by atoms with van der Waals surface area (Å²) in [6, 6.07) is 16.6. The molecule has 0 heterocycles. The molecule has 10 heteroatoms. The molecule has 0 spiro atoms. The van der Waals surface area contributed by atoms with Crippen molar-refractivity contribution in [3.05, 3.63) is 137 Å². The second-order valence-corrected chi connectivity index (χ2v) is 8.89. The van der Waals surface area contributed by atoms with Gasteiger partial charge in [-0.1, -0.05) is 42.5 Å². The number of alkyl halides is 2. The van der Waals surface area contributed by atoms with Crippen molar-refractivity contribution in [2.45, 2.75) is 6.11 Å². The lowest BCUT2D eigenvalue weighted by Crippen LogP contribution is -2.25. The number of halogens is 9. The molecule has 0 saturated carbocycles. The second-order valence-electron chi connectivity index (χ2n) is 8.89. The Balaban J connectivity index is 1.42. The largest absolute Gasteiger partial charge is 0.432 e. The molecule has 0 aliphatic carbocycles. The van der Waals surface area contributed by atoms with E-state index < -0.39 is 69.3 Å². The molecule has 208 valence electrons. The Labute approximate surface area is 227 Å². The molecule has 5 rings (SSSR count). The van der Waals surface area contributed by atoms with E-state index in [0.717, 1.165) is 18.2 Å². The highest BCUT2D eigenvalue weighted by Gasteiger charge is 2.41. The molecule has 0 radical (unpaired) electrons. The Morgan fingerprint density at radius 3 is 1.46 bits per heavy atom. The summed E-state index contributed by atoms with van der Waals surface area (Å²) >= 11 is 0. The Morgan fingerprint density at radius 1 is 0.439 bits per heavy atom. The zero-order chi connectivity index (χ0) is 29.5. The predicted octanol–water partition coefficient (Wildman–Crippen LogP) is 9.79. The third-order valence-electron chi connectivity index (χ3n) is 6.20. The van der Waals surface area contributed by atoms with E-state index in [-0.39, 0.29) is 11.1 Å². The van der Waals surface area contributed by atoms with Crippen LogP contribution in [0.4, 0.5) is 39.5 Å². The lowest BCUT2D eigenvalue weighted by atomic mass is 9.98. The van der Waals surface area contributed by atoms with E-state index in [9.17, 15) is 39.5 Å². The van der Waals surface area contributed by atoms with Crippen molar-refractivity contribution in [1.82, 2.24) is 0 Å². The molecule has 0 unspecified atom stereocenters. The molecule has 0 aromatic heterocycles. The molecule has 41 heavy (non-hydrogen) atoms. The Kier molecular flexibility index (Phi) is 7.25. The van der Waals surface area contributed by atoms with Crippen LogP contribution in [-0.2, 0) is 6.11 Å². The van der Waals surface area contributed by atoms with Gasteiger partial charge in [0.25, 0.3) is 0 Å². The molecule has 0 bridgehead atoms. The van der Waals surface area contributed by atoms with Crippen molar-refractivity contribution >= 4 is 0 Å². The van der Waals surface area contributed by atoms with Crippen LogP contribution in [0, 0.1) is 40.7 Å². The molecule has 0 N–H and O–H groups in total. The summed E-state index contributed by atoms with van der Waals surface area (Å²) in [6.45, 7) is 0. The van der Waals surface area contributed by atoms with Crippen LogP contribution in [0.1, 0.15) is 5.56 Å². The number of ether oxygens (including phenoxy) is 1. The third kappa shape index (κ3) is 5.50. The fraction of sp³-hybridized carbons (Fsp3) is 0.0323. The van der Waals surface area contributed by atoms with Crippen LogP contribution in [-0.4, -0.2) is 0 Å². The number of benzene rings is 5. The molecule has 5 aromatic rings. The quantitative estimate of drug-likeness (QED) is 0.145. The summed E-state index contributed by atoms with van der Waals surface area (Å²) in [7, 11) is 0. The lowest BCUT2D eigenvalue weighted by molar-refractivity contribution is -0.189. The highest BCUT2D eigenvalue weighted by atomic mass is 19.3. The first-order chi connectivity index (χ1) is 19.4. The smallest absolute Gasteiger partial charge is 0.429 e. The summed E-state index contributed by atoms with van der Waals surface area (Å²) in [5.41, 5.74) is -2.17. The van der Waals surface area contributed by atoms with Gasteiger partial charge in [-0.15, -0.1) is 0 Å². The monoisotopic (exact) mass is 574 g/mol. The summed E-state index contributed by atoms with van der Waals surface area (Å²) in [6.07, 6.45) is -4.66. The third-order valence-corrected chi connectivity index (χ3v) is 6.20. The van der Waals surface area contributed by atoms with Crippen molar-refractivity contribution in [2.24, 2.45) is 0 Å². The van der Waals surface area contributed by atoms with Crippen molar-refractivity contribution < 1.29 is 44.3 Å². The van der Waals surface area contributed by atoms with Crippen molar-refractivity contribution in [2.75, 3.05) is 0 Å². The maximum absolute atomic E-state index is 14.9. The van der Waals surface area contributed by atoms with Crippen LogP contribution in [0.25, 0.3) is 33.4 Å². The van der Waals surface area contributed by atoms with Gasteiger partial charge in [-0.3, -0.25) is 0 Å². The minimum Gasteiger partial charge on any atom is -0.429 e. The molecule has 0 fully saturated rings. The van der Waals surface area contributed by atoms with Gasteiger partial charge in [0.2, 0.25) is 0 Å². The summed E-state index contributed by atoms with van der Waals surface area (Å²) in [4.78, 5) is 0. The first-order valence-corrected chi connectivity index (χ1v) is 11.8. The molecule has 5 aromatic carbocycles. The Bertz CT molecular complexity index is 1720. The second kappa shape index (κ2) is 10.7. The van der Waals surface area contributed by atoms with Gasteiger partial charge in [0.1, 0.15) is 34.6 Å². The maximum atomic E-state index is 14.9. The molecule has 0 saturated heterocycles. The predicted molar refractivity (Wildman–Crippen MR) is 133 cm³/mol. The molecular formula is C31H15F9O. The minimum absolute atomic E-state index is 0.246. The van der Waals surface area contributed by atoms with Crippen LogP contribution in [0.3, 0.4) is 0 Å². The highest BCUT2D eigenvalue weighted by molar-refractivity contribution is 5.71.